The lowest BCUT2D eigenvalue weighted by Crippen LogP contribution is -1.99. The minimum Gasteiger partial charge on any atom is -0.488 e. The highest BCUT2D eigenvalue weighted by atomic mass is 35.5. The molecule has 0 bridgehead atoms. The molecule has 112 valence electrons. The van der Waals surface area contributed by atoms with Crippen molar-refractivity contribution in [3.63, 3.8) is 0 Å². The van der Waals surface area contributed by atoms with Gasteiger partial charge in [-0.05, 0) is 49.6 Å². The molecule has 0 unspecified atom stereocenters. The minimum atomic E-state index is 0.488. The van der Waals surface area contributed by atoms with Crippen LogP contribution in [0, 0.1) is 20.8 Å². The van der Waals surface area contributed by atoms with E-state index in [9.17, 15) is 0 Å². The monoisotopic (exact) mass is 324 g/mol. The molecule has 2 nitrogen and oxygen atoms in total. The summed E-state index contributed by atoms with van der Waals surface area (Å²) in [6.45, 7) is 8.69. The summed E-state index contributed by atoms with van der Waals surface area (Å²) in [5.74, 6) is 0.941. The number of benzene rings is 2. The molecule has 0 heterocycles. The van der Waals surface area contributed by atoms with Gasteiger partial charge in [-0.3, -0.25) is 0 Å². The van der Waals surface area contributed by atoms with E-state index >= 15 is 0 Å². The number of ether oxygens (including phenoxy) is 1. The number of hydrogen-bond donors (Lipinski definition) is 0. The van der Waals surface area contributed by atoms with Crippen LogP contribution in [0.25, 0.3) is 0 Å². The van der Waals surface area contributed by atoms with E-state index in [1.165, 1.54) is 5.56 Å². The highest BCUT2D eigenvalue weighted by molar-refractivity contribution is 6.42. The largest absolute Gasteiger partial charge is 0.488 e. The van der Waals surface area contributed by atoms with Crippen molar-refractivity contribution < 1.29 is 9.53 Å². The summed E-state index contributed by atoms with van der Waals surface area (Å²) in [5, 5.41) is 1.12. The average Bonchev–Trinajstić information content (AvgIpc) is 2.43. The number of halogens is 2. The van der Waals surface area contributed by atoms with Gasteiger partial charge in [0.25, 0.3) is 0 Å². The van der Waals surface area contributed by atoms with E-state index in [4.69, 9.17) is 32.7 Å². The Morgan fingerprint density at radius 2 is 1.52 bits per heavy atom. The Kier molecular flexibility index (Phi) is 6.73. The van der Waals surface area contributed by atoms with Crippen LogP contribution < -0.4 is 4.74 Å². The van der Waals surface area contributed by atoms with E-state index in [0.29, 0.717) is 16.7 Å². The summed E-state index contributed by atoms with van der Waals surface area (Å²) in [4.78, 5) is 8.00. The summed E-state index contributed by atoms with van der Waals surface area (Å²) in [5.41, 5.74) is 4.56. The fourth-order valence-electron chi connectivity index (χ4n) is 2.18. The molecule has 2 rings (SSSR count). The van der Waals surface area contributed by atoms with Gasteiger partial charge >= 0.3 is 0 Å². The van der Waals surface area contributed by atoms with E-state index in [0.717, 1.165) is 22.4 Å². The van der Waals surface area contributed by atoms with Gasteiger partial charge in [-0.15, -0.1) is 0 Å². The van der Waals surface area contributed by atoms with Crippen molar-refractivity contribution in [2.45, 2.75) is 27.4 Å². The zero-order valence-corrected chi connectivity index (χ0v) is 13.9. The van der Waals surface area contributed by atoms with Crippen molar-refractivity contribution in [3.05, 3.63) is 62.6 Å². The lowest BCUT2D eigenvalue weighted by Gasteiger charge is -2.13. The predicted octanol–water partition coefficient (Wildman–Crippen LogP) is 5.31. The van der Waals surface area contributed by atoms with Crippen LogP contribution in [-0.4, -0.2) is 6.79 Å². The van der Waals surface area contributed by atoms with Gasteiger partial charge in [0.2, 0.25) is 0 Å². The van der Waals surface area contributed by atoms with Crippen LogP contribution in [0.1, 0.15) is 22.3 Å². The van der Waals surface area contributed by atoms with E-state index in [1.807, 2.05) is 18.9 Å². The van der Waals surface area contributed by atoms with Crippen molar-refractivity contribution in [2.75, 3.05) is 0 Å². The Hall–Kier alpha value is -1.51. The molecule has 0 fully saturated rings. The molecular formula is C17H18Cl2O2. The molecule has 0 saturated carbocycles. The van der Waals surface area contributed by atoms with E-state index in [2.05, 4.69) is 32.9 Å². The molecule has 0 atom stereocenters. The second-order valence-corrected chi connectivity index (χ2v) is 5.58. The Balaban J connectivity index is 0.00000106. The Bertz CT molecular complexity index is 601. The fraction of sp³-hybridized carbons (Fsp3) is 0.235. The molecule has 0 spiro atoms. The minimum absolute atomic E-state index is 0.488. The van der Waals surface area contributed by atoms with Crippen molar-refractivity contribution >= 4 is 30.0 Å². The third-order valence-corrected chi connectivity index (χ3v) is 3.71. The lowest BCUT2D eigenvalue weighted by atomic mass is 10.1. The van der Waals surface area contributed by atoms with E-state index in [-0.39, 0.29) is 0 Å². The first-order chi connectivity index (χ1) is 9.97. The number of carbonyl (C=O) groups excluding carboxylic acids is 1. The van der Waals surface area contributed by atoms with Crippen molar-refractivity contribution in [3.8, 4) is 5.75 Å². The quantitative estimate of drug-likeness (QED) is 0.764. The molecule has 0 saturated heterocycles. The van der Waals surface area contributed by atoms with Gasteiger partial charge in [0.05, 0.1) is 10.0 Å². The molecule has 2 aromatic rings. The maximum absolute atomic E-state index is 8.00. The normalized spacial score (nSPS) is 9.76. The molecule has 0 aromatic heterocycles. The SMILES string of the molecule is C=O.Cc1cc(C)c(OCc2ccc(Cl)c(Cl)c2)c(C)c1. The maximum Gasteiger partial charge on any atom is 0.125 e. The summed E-state index contributed by atoms with van der Waals surface area (Å²) in [6, 6.07) is 9.79. The average molecular weight is 325 g/mol. The summed E-state index contributed by atoms with van der Waals surface area (Å²) >= 11 is 11.9. The zero-order valence-electron chi connectivity index (χ0n) is 12.4. The van der Waals surface area contributed by atoms with Crippen molar-refractivity contribution in [1.29, 1.82) is 0 Å². The van der Waals surface area contributed by atoms with Gasteiger partial charge in [0.15, 0.2) is 0 Å². The molecule has 21 heavy (non-hydrogen) atoms. The second kappa shape index (κ2) is 8.06. The van der Waals surface area contributed by atoms with Crippen molar-refractivity contribution in [1.82, 2.24) is 0 Å². The second-order valence-electron chi connectivity index (χ2n) is 4.76. The lowest BCUT2D eigenvalue weighted by molar-refractivity contribution is -0.0979. The standard InChI is InChI=1S/C16H16Cl2O.CH2O/c1-10-6-11(2)16(12(3)7-10)19-9-13-4-5-14(17)15(18)8-13;1-2/h4-8H,9H2,1-3H3;1H2. The van der Waals surface area contributed by atoms with Crippen LogP contribution in [-0.2, 0) is 11.4 Å². The van der Waals surface area contributed by atoms with Crippen LogP contribution in [0.15, 0.2) is 30.3 Å². The number of carbonyl (C=O) groups is 1. The predicted molar refractivity (Wildman–Crippen MR) is 88.6 cm³/mol. The van der Waals surface area contributed by atoms with Crippen LogP contribution in [0.4, 0.5) is 0 Å². The fourth-order valence-corrected chi connectivity index (χ4v) is 2.50. The summed E-state index contributed by atoms with van der Waals surface area (Å²) in [7, 11) is 0. The summed E-state index contributed by atoms with van der Waals surface area (Å²) in [6.07, 6.45) is 0. The topological polar surface area (TPSA) is 26.3 Å². The van der Waals surface area contributed by atoms with E-state index in [1.54, 1.807) is 6.07 Å². The van der Waals surface area contributed by atoms with Crippen molar-refractivity contribution in [2.24, 2.45) is 0 Å². The molecule has 2 aromatic carbocycles. The number of hydrogen-bond acceptors (Lipinski definition) is 2. The molecule has 0 N–H and O–H groups in total. The maximum atomic E-state index is 8.00. The Morgan fingerprint density at radius 3 is 2.05 bits per heavy atom. The third kappa shape index (κ3) is 4.76. The zero-order chi connectivity index (χ0) is 16.0. The van der Waals surface area contributed by atoms with Gasteiger partial charge in [0, 0.05) is 0 Å². The molecular weight excluding hydrogens is 307 g/mol. The Morgan fingerprint density at radius 1 is 0.952 bits per heavy atom. The number of aryl methyl sites for hydroxylation is 3. The molecule has 0 aliphatic heterocycles. The smallest absolute Gasteiger partial charge is 0.125 e. The molecule has 4 heteroatoms. The van der Waals surface area contributed by atoms with Gasteiger partial charge in [-0.25, -0.2) is 0 Å². The molecule has 0 amide bonds. The molecule has 0 radical (unpaired) electrons. The highest BCUT2D eigenvalue weighted by Gasteiger charge is 2.06. The van der Waals surface area contributed by atoms with Crippen LogP contribution >= 0.6 is 23.2 Å². The first kappa shape index (κ1) is 17.5. The van der Waals surface area contributed by atoms with Gasteiger partial charge in [-0.1, -0.05) is 47.0 Å². The van der Waals surface area contributed by atoms with Crippen LogP contribution in [0.2, 0.25) is 10.0 Å². The van der Waals surface area contributed by atoms with Gasteiger partial charge in [0.1, 0.15) is 19.1 Å². The number of rotatable bonds is 3. The summed E-state index contributed by atoms with van der Waals surface area (Å²) < 4.78 is 5.90. The van der Waals surface area contributed by atoms with Gasteiger partial charge in [-0.2, -0.15) is 0 Å². The first-order valence-corrected chi connectivity index (χ1v) is 7.16. The molecule has 0 aliphatic carbocycles. The van der Waals surface area contributed by atoms with Crippen LogP contribution in [0.5, 0.6) is 5.75 Å². The third-order valence-electron chi connectivity index (χ3n) is 2.97. The molecule has 0 aliphatic rings. The Labute approximate surface area is 135 Å². The van der Waals surface area contributed by atoms with E-state index < -0.39 is 0 Å². The highest BCUT2D eigenvalue weighted by Crippen LogP contribution is 2.27. The van der Waals surface area contributed by atoms with Gasteiger partial charge < -0.3 is 9.53 Å². The van der Waals surface area contributed by atoms with Crippen LogP contribution in [0.3, 0.4) is 0 Å². The first-order valence-electron chi connectivity index (χ1n) is 6.41.